The van der Waals surface area contributed by atoms with Crippen molar-refractivity contribution in [2.24, 2.45) is 0 Å². The van der Waals surface area contributed by atoms with E-state index in [1.54, 1.807) is 24.0 Å². The quantitative estimate of drug-likeness (QED) is 0.355. The Morgan fingerprint density at radius 1 is 1.13 bits per heavy atom. The van der Waals surface area contributed by atoms with Gasteiger partial charge in [0.1, 0.15) is 5.82 Å². The molecule has 1 unspecified atom stereocenters. The van der Waals surface area contributed by atoms with Gasteiger partial charge in [-0.1, -0.05) is 62.3 Å². The summed E-state index contributed by atoms with van der Waals surface area (Å²) in [7, 11) is 0. The van der Waals surface area contributed by atoms with E-state index >= 15 is 0 Å². The first-order valence-electron chi connectivity index (χ1n) is 13.9. The van der Waals surface area contributed by atoms with Gasteiger partial charge in [0.25, 0.3) is 11.8 Å². The Morgan fingerprint density at radius 2 is 1.82 bits per heavy atom. The predicted molar refractivity (Wildman–Crippen MR) is 157 cm³/mol. The molecule has 9 heteroatoms. The van der Waals surface area contributed by atoms with Crippen LogP contribution in [0.3, 0.4) is 0 Å². The lowest BCUT2D eigenvalue weighted by atomic mass is 10.0. The number of hydrogen-bond donors (Lipinski definition) is 1. The standard InChI is InChI=1S/C21H20FN5O2S.4C2H6.H2/c1-2-12-8-14-13(9-15(12)22)10-27(20(14)29)18(19(28)25-21-23-5-7-30-21)17-16-4-3-6-26(16)11-24-17;4*1-2;/h5,7-9,11,18H,2-4,6,10H2,1H3,(H,23,25,28);4*1-2H3;1H. The van der Waals surface area contributed by atoms with E-state index in [1.165, 1.54) is 22.3 Å². The highest BCUT2D eigenvalue weighted by molar-refractivity contribution is 7.13. The summed E-state index contributed by atoms with van der Waals surface area (Å²) in [6, 6.07) is 2.12. The van der Waals surface area contributed by atoms with E-state index in [4.69, 9.17) is 0 Å². The number of thiazole rings is 1. The Bertz CT molecular complexity index is 1150. The number of aryl methyl sites for hydroxylation is 2. The number of benzene rings is 1. The van der Waals surface area contributed by atoms with E-state index in [0.29, 0.717) is 33.9 Å². The largest absolute Gasteiger partial charge is 0.334 e. The molecule has 2 aromatic heterocycles. The van der Waals surface area contributed by atoms with Gasteiger partial charge in [-0.25, -0.2) is 14.4 Å². The van der Waals surface area contributed by atoms with Gasteiger partial charge in [-0.3, -0.25) is 14.9 Å². The monoisotopic (exact) mass is 547 g/mol. The van der Waals surface area contributed by atoms with Crippen molar-refractivity contribution in [3.63, 3.8) is 0 Å². The molecule has 38 heavy (non-hydrogen) atoms. The Hall–Kier alpha value is -3.07. The molecule has 0 saturated heterocycles. The molecule has 3 aromatic rings. The second kappa shape index (κ2) is 16.7. The normalized spacial score (nSPS) is 13.2. The minimum absolute atomic E-state index is 0. The molecule has 5 rings (SSSR count). The first-order chi connectivity index (χ1) is 18.6. The van der Waals surface area contributed by atoms with Gasteiger partial charge in [-0.15, -0.1) is 11.3 Å². The van der Waals surface area contributed by atoms with Crippen LogP contribution in [0.25, 0.3) is 0 Å². The van der Waals surface area contributed by atoms with Crippen LogP contribution in [-0.2, 0) is 30.7 Å². The SMILES string of the molecule is CC.CC.CC.CC.CCc1cc2c(cc1F)CN(C(C(=O)Nc1nccs1)c1ncn3c1CCC3)C2=O.[HH]. The number of imidazole rings is 1. The van der Waals surface area contributed by atoms with Gasteiger partial charge in [0.2, 0.25) is 0 Å². The topological polar surface area (TPSA) is 80.1 Å². The smallest absolute Gasteiger partial charge is 0.255 e. The van der Waals surface area contributed by atoms with Crippen LogP contribution in [0.15, 0.2) is 30.0 Å². The zero-order valence-electron chi connectivity index (χ0n) is 24.4. The molecule has 0 spiro atoms. The van der Waals surface area contributed by atoms with Gasteiger partial charge in [0, 0.05) is 37.4 Å². The van der Waals surface area contributed by atoms with Gasteiger partial charge >= 0.3 is 0 Å². The molecule has 0 saturated carbocycles. The number of nitrogens with one attached hydrogen (secondary N) is 1. The number of carbonyl (C=O) groups excluding carboxylic acids is 2. The van der Waals surface area contributed by atoms with Crippen molar-refractivity contribution in [1.82, 2.24) is 19.4 Å². The van der Waals surface area contributed by atoms with Gasteiger partial charge in [0.05, 0.1) is 12.0 Å². The molecule has 212 valence electrons. The van der Waals surface area contributed by atoms with Crippen molar-refractivity contribution >= 4 is 28.3 Å². The fourth-order valence-corrected chi connectivity index (χ4v) is 4.82. The third-order valence-corrected chi connectivity index (χ3v) is 6.45. The zero-order valence-corrected chi connectivity index (χ0v) is 25.2. The number of aromatic nitrogens is 3. The molecular formula is C29H46FN5O2S. The third kappa shape index (κ3) is 7.07. The van der Waals surface area contributed by atoms with Crippen molar-refractivity contribution in [2.75, 3.05) is 5.32 Å². The van der Waals surface area contributed by atoms with Crippen LogP contribution < -0.4 is 5.32 Å². The first-order valence-corrected chi connectivity index (χ1v) is 14.8. The van der Waals surface area contributed by atoms with Crippen molar-refractivity contribution in [2.45, 2.75) is 101 Å². The Morgan fingerprint density at radius 3 is 2.42 bits per heavy atom. The minimum Gasteiger partial charge on any atom is -0.334 e. The highest BCUT2D eigenvalue weighted by atomic mass is 32.1. The fraction of sp³-hybridized carbons (Fsp3) is 0.517. The molecule has 1 aromatic carbocycles. The van der Waals surface area contributed by atoms with Gasteiger partial charge in [-0.05, 0) is 42.5 Å². The zero-order chi connectivity index (χ0) is 28.8. The average Bonchev–Trinajstić information content (AvgIpc) is 3.77. The summed E-state index contributed by atoms with van der Waals surface area (Å²) >= 11 is 1.31. The number of rotatable bonds is 5. The molecular weight excluding hydrogens is 501 g/mol. The van der Waals surface area contributed by atoms with Crippen LogP contribution in [0.2, 0.25) is 0 Å². The highest BCUT2D eigenvalue weighted by Gasteiger charge is 2.41. The predicted octanol–water partition coefficient (Wildman–Crippen LogP) is 7.67. The maximum Gasteiger partial charge on any atom is 0.255 e. The van der Waals surface area contributed by atoms with E-state index in [1.807, 2.05) is 66.9 Å². The summed E-state index contributed by atoms with van der Waals surface area (Å²) in [6.07, 6.45) is 5.61. The Balaban J connectivity index is 0.00000148. The molecule has 7 nitrogen and oxygen atoms in total. The van der Waals surface area contributed by atoms with Crippen LogP contribution >= 0.6 is 11.3 Å². The van der Waals surface area contributed by atoms with Gasteiger partial charge in [-0.2, -0.15) is 0 Å². The summed E-state index contributed by atoms with van der Waals surface area (Å²) in [5.74, 6) is -0.966. The Kier molecular flexibility index (Phi) is 14.5. The maximum absolute atomic E-state index is 14.3. The molecule has 4 heterocycles. The fourth-order valence-electron chi connectivity index (χ4n) is 4.28. The van der Waals surface area contributed by atoms with E-state index in [0.717, 1.165) is 25.1 Å². The number of anilines is 1. The van der Waals surface area contributed by atoms with Crippen LogP contribution in [-0.4, -0.2) is 31.2 Å². The van der Waals surface area contributed by atoms with Crippen LogP contribution in [0, 0.1) is 5.82 Å². The first kappa shape index (κ1) is 33.0. The van der Waals surface area contributed by atoms with Gasteiger partial charge < -0.3 is 9.47 Å². The van der Waals surface area contributed by atoms with Crippen molar-refractivity contribution in [3.8, 4) is 0 Å². The second-order valence-corrected chi connectivity index (χ2v) is 8.38. The summed E-state index contributed by atoms with van der Waals surface area (Å²) in [6.45, 7) is 18.9. The maximum atomic E-state index is 14.3. The molecule has 0 aliphatic carbocycles. The van der Waals surface area contributed by atoms with Crippen molar-refractivity contribution in [1.29, 1.82) is 0 Å². The summed E-state index contributed by atoms with van der Waals surface area (Å²) in [5, 5.41) is 5.04. The highest BCUT2D eigenvalue weighted by Crippen LogP contribution is 2.36. The molecule has 0 fully saturated rings. The molecule has 2 aliphatic heterocycles. The molecule has 0 radical (unpaired) electrons. The lowest BCUT2D eigenvalue weighted by Gasteiger charge is -2.26. The van der Waals surface area contributed by atoms with Crippen LogP contribution in [0.1, 0.15) is 109 Å². The van der Waals surface area contributed by atoms with Gasteiger partial charge in [0.15, 0.2) is 11.2 Å². The number of fused-ring (bicyclic) bond motifs is 2. The molecule has 2 amide bonds. The number of nitrogens with zero attached hydrogens (tertiary/aromatic N) is 4. The van der Waals surface area contributed by atoms with Crippen LogP contribution in [0.4, 0.5) is 9.52 Å². The summed E-state index contributed by atoms with van der Waals surface area (Å²) in [5.41, 5.74) is 3.10. The van der Waals surface area contributed by atoms with Crippen LogP contribution in [0.5, 0.6) is 0 Å². The van der Waals surface area contributed by atoms with Crippen molar-refractivity contribution < 1.29 is 15.4 Å². The number of hydrogen-bond acceptors (Lipinski definition) is 5. The van der Waals surface area contributed by atoms with E-state index in [2.05, 4.69) is 15.3 Å². The molecule has 1 N–H and O–H groups in total. The van der Waals surface area contributed by atoms with E-state index in [9.17, 15) is 14.0 Å². The van der Waals surface area contributed by atoms with E-state index in [-0.39, 0.29) is 25.6 Å². The lowest BCUT2D eigenvalue weighted by Crippen LogP contribution is -2.38. The Labute approximate surface area is 233 Å². The average molecular weight is 548 g/mol. The number of halogens is 1. The number of amides is 2. The summed E-state index contributed by atoms with van der Waals surface area (Å²) < 4.78 is 16.4. The lowest BCUT2D eigenvalue weighted by molar-refractivity contribution is -0.121. The minimum atomic E-state index is -0.906. The van der Waals surface area contributed by atoms with Crippen molar-refractivity contribution in [3.05, 3.63) is 63.9 Å². The van der Waals surface area contributed by atoms with E-state index < -0.39 is 6.04 Å². The molecule has 0 bridgehead atoms. The molecule has 2 aliphatic rings. The number of carbonyl (C=O) groups is 2. The molecule has 1 atom stereocenters. The summed E-state index contributed by atoms with van der Waals surface area (Å²) in [4.78, 5) is 36.7. The third-order valence-electron chi connectivity index (χ3n) is 5.76. The second-order valence-electron chi connectivity index (χ2n) is 7.49.